The number of methoxy groups -OCH3 is 1. The molecule has 0 saturated carbocycles. The van der Waals surface area contributed by atoms with E-state index < -0.39 is 12.0 Å². The van der Waals surface area contributed by atoms with Gasteiger partial charge in [-0.15, -0.1) is 0 Å². The average Bonchev–Trinajstić information content (AvgIpc) is 3.05. The number of nitrogens with one attached hydrogen (secondary N) is 1. The molecule has 1 aromatic heterocycles. The highest BCUT2D eigenvalue weighted by atomic mass is 19.3. The lowest BCUT2D eigenvalue weighted by molar-refractivity contribution is 0.0200. The van der Waals surface area contributed by atoms with Gasteiger partial charge < -0.3 is 9.26 Å². The summed E-state index contributed by atoms with van der Waals surface area (Å²) >= 11 is 0. The summed E-state index contributed by atoms with van der Waals surface area (Å²) in [6.45, 7) is -0.363. The summed E-state index contributed by atoms with van der Waals surface area (Å²) < 4.78 is 36.4. The molecule has 3 rings (SSSR count). The molecule has 2 aromatic rings. The molecule has 2 heterocycles. The van der Waals surface area contributed by atoms with Crippen LogP contribution in [0.15, 0.2) is 28.8 Å². The van der Waals surface area contributed by atoms with Gasteiger partial charge in [-0.1, -0.05) is 5.16 Å². The number of halogens is 2. The van der Waals surface area contributed by atoms with Gasteiger partial charge in [0, 0.05) is 12.0 Å². The van der Waals surface area contributed by atoms with Crippen LogP contribution >= 0.6 is 0 Å². The number of aromatic nitrogens is 2. The summed E-state index contributed by atoms with van der Waals surface area (Å²) in [5.74, 6) is -1.44. The zero-order chi connectivity index (χ0) is 14.2. The van der Waals surface area contributed by atoms with Gasteiger partial charge in [-0.05, 0) is 24.3 Å². The lowest BCUT2D eigenvalue weighted by atomic mass is 10.2. The highest BCUT2D eigenvalue weighted by molar-refractivity contribution is 5.55. The second-order valence-corrected chi connectivity index (χ2v) is 4.68. The molecule has 1 unspecified atom stereocenters. The topological polar surface area (TPSA) is 60.2 Å². The summed E-state index contributed by atoms with van der Waals surface area (Å²) in [6, 6.07) is 6.51. The largest absolute Gasteiger partial charge is 0.497 e. The molecule has 1 saturated heterocycles. The zero-order valence-electron chi connectivity index (χ0n) is 10.8. The molecule has 0 aliphatic carbocycles. The number of hydrogen-bond acceptors (Lipinski definition) is 5. The van der Waals surface area contributed by atoms with Gasteiger partial charge in [-0.3, -0.25) is 5.32 Å². The lowest BCUT2D eigenvalue weighted by Gasteiger charge is -2.04. The van der Waals surface area contributed by atoms with Crippen LogP contribution in [0.5, 0.6) is 5.75 Å². The second-order valence-electron chi connectivity index (χ2n) is 4.68. The number of ether oxygens (including phenoxy) is 1. The SMILES string of the molecule is COc1ccc(-c2noc(C3CC(F)(F)CN3)n2)cc1. The number of hydrogen-bond donors (Lipinski definition) is 1. The molecule has 0 radical (unpaired) electrons. The van der Waals surface area contributed by atoms with E-state index in [9.17, 15) is 8.78 Å². The van der Waals surface area contributed by atoms with Crippen LogP contribution < -0.4 is 10.1 Å². The van der Waals surface area contributed by atoms with Crippen molar-refractivity contribution in [2.45, 2.75) is 18.4 Å². The third-order valence-corrected chi connectivity index (χ3v) is 3.20. The minimum atomic E-state index is -2.72. The molecule has 1 aliphatic heterocycles. The molecular weight excluding hydrogens is 268 g/mol. The fraction of sp³-hybridized carbons (Fsp3) is 0.385. The molecule has 20 heavy (non-hydrogen) atoms. The molecule has 7 heteroatoms. The maximum absolute atomic E-state index is 13.1. The average molecular weight is 281 g/mol. The van der Waals surface area contributed by atoms with E-state index in [0.717, 1.165) is 11.3 Å². The van der Waals surface area contributed by atoms with Crippen molar-refractivity contribution < 1.29 is 18.0 Å². The fourth-order valence-electron chi connectivity index (χ4n) is 2.12. The van der Waals surface area contributed by atoms with Gasteiger partial charge in [0.1, 0.15) is 5.75 Å². The van der Waals surface area contributed by atoms with Crippen molar-refractivity contribution in [2.75, 3.05) is 13.7 Å². The van der Waals surface area contributed by atoms with E-state index in [2.05, 4.69) is 15.5 Å². The Balaban J connectivity index is 1.79. The molecule has 5 nitrogen and oxygen atoms in total. The van der Waals surface area contributed by atoms with Crippen molar-refractivity contribution in [3.8, 4) is 17.1 Å². The van der Waals surface area contributed by atoms with Gasteiger partial charge in [0.2, 0.25) is 11.7 Å². The van der Waals surface area contributed by atoms with E-state index in [-0.39, 0.29) is 18.9 Å². The van der Waals surface area contributed by atoms with Crippen LogP contribution in [0.25, 0.3) is 11.4 Å². The highest BCUT2D eigenvalue weighted by Crippen LogP contribution is 2.33. The Morgan fingerprint density at radius 1 is 1.35 bits per heavy atom. The van der Waals surface area contributed by atoms with Crippen LogP contribution in [-0.4, -0.2) is 29.7 Å². The Morgan fingerprint density at radius 2 is 2.10 bits per heavy atom. The second kappa shape index (κ2) is 4.82. The van der Waals surface area contributed by atoms with Gasteiger partial charge >= 0.3 is 0 Å². The number of rotatable bonds is 3. The summed E-state index contributed by atoms with van der Waals surface area (Å²) in [5, 5.41) is 6.50. The third-order valence-electron chi connectivity index (χ3n) is 3.20. The Morgan fingerprint density at radius 3 is 2.70 bits per heavy atom. The smallest absolute Gasteiger partial charge is 0.262 e. The summed E-state index contributed by atoms with van der Waals surface area (Å²) in [6.07, 6.45) is -0.322. The van der Waals surface area contributed by atoms with E-state index in [1.54, 1.807) is 31.4 Å². The maximum Gasteiger partial charge on any atom is 0.262 e. The van der Waals surface area contributed by atoms with Crippen molar-refractivity contribution >= 4 is 0 Å². The summed E-state index contributed by atoms with van der Waals surface area (Å²) in [5.41, 5.74) is 0.741. The minimum Gasteiger partial charge on any atom is -0.497 e. The first-order valence-corrected chi connectivity index (χ1v) is 6.17. The van der Waals surface area contributed by atoms with Crippen LogP contribution in [0.3, 0.4) is 0 Å². The van der Waals surface area contributed by atoms with Crippen LogP contribution in [-0.2, 0) is 0 Å². The predicted octanol–water partition coefficient (Wildman–Crippen LogP) is 2.41. The van der Waals surface area contributed by atoms with E-state index in [0.29, 0.717) is 5.82 Å². The molecule has 0 spiro atoms. The third kappa shape index (κ3) is 2.49. The van der Waals surface area contributed by atoms with E-state index in [4.69, 9.17) is 9.26 Å². The summed E-state index contributed by atoms with van der Waals surface area (Å²) in [7, 11) is 1.58. The monoisotopic (exact) mass is 281 g/mol. The highest BCUT2D eigenvalue weighted by Gasteiger charge is 2.42. The van der Waals surface area contributed by atoms with Crippen LogP contribution in [0.4, 0.5) is 8.78 Å². The van der Waals surface area contributed by atoms with Crippen LogP contribution in [0.2, 0.25) is 0 Å². The number of alkyl halides is 2. The van der Waals surface area contributed by atoms with Gasteiger partial charge in [0.05, 0.1) is 19.7 Å². The molecule has 1 aliphatic rings. The fourth-order valence-corrected chi connectivity index (χ4v) is 2.12. The molecule has 1 N–H and O–H groups in total. The first kappa shape index (κ1) is 13.0. The van der Waals surface area contributed by atoms with Crippen molar-refractivity contribution in [2.24, 2.45) is 0 Å². The molecule has 0 bridgehead atoms. The molecule has 106 valence electrons. The number of nitrogens with zero attached hydrogens (tertiary/aromatic N) is 2. The maximum atomic E-state index is 13.1. The Labute approximate surface area is 113 Å². The van der Waals surface area contributed by atoms with Gasteiger partial charge in [-0.2, -0.15) is 4.98 Å². The molecule has 1 aromatic carbocycles. The van der Waals surface area contributed by atoms with Gasteiger partial charge in [-0.25, -0.2) is 8.78 Å². The first-order valence-electron chi connectivity index (χ1n) is 6.17. The Kier molecular flexibility index (Phi) is 3.13. The van der Waals surface area contributed by atoms with Gasteiger partial charge in [0.15, 0.2) is 0 Å². The predicted molar refractivity (Wildman–Crippen MR) is 66.6 cm³/mol. The molecular formula is C13H13F2N3O2. The van der Waals surface area contributed by atoms with Crippen molar-refractivity contribution in [1.29, 1.82) is 0 Å². The Hall–Kier alpha value is -2.02. The summed E-state index contributed by atoms with van der Waals surface area (Å²) in [4.78, 5) is 4.17. The first-order chi connectivity index (χ1) is 9.57. The standard InChI is InChI=1S/C13H13F2N3O2/c1-19-9-4-2-8(3-5-9)11-17-12(20-18-11)10-6-13(14,15)7-16-10/h2-5,10,16H,6-7H2,1H3. The normalized spacial score (nSPS) is 21.1. The van der Waals surface area contributed by atoms with Gasteiger partial charge in [0.25, 0.3) is 5.92 Å². The van der Waals surface area contributed by atoms with Crippen molar-refractivity contribution in [3.63, 3.8) is 0 Å². The van der Waals surface area contributed by atoms with E-state index in [1.807, 2.05) is 0 Å². The zero-order valence-corrected chi connectivity index (χ0v) is 10.8. The van der Waals surface area contributed by atoms with Crippen molar-refractivity contribution in [3.05, 3.63) is 30.2 Å². The van der Waals surface area contributed by atoms with E-state index in [1.165, 1.54) is 0 Å². The van der Waals surface area contributed by atoms with Crippen LogP contribution in [0, 0.1) is 0 Å². The molecule has 1 fully saturated rings. The molecule has 0 amide bonds. The van der Waals surface area contributed by atoms with Crippen molar-refractivity contribution in [1.82, 2.24) is 15.5 Å². The quantitative estimate of drug-likeness (QED) is 0.936. The van der Waals surface area contributed by atoms with Crippen LogP contribution in [0.1, 0.15) is 18.4 Å². The lowest BCUT2D eigenvalue weighted by Crippen LogP contribution is -2.19. The number of benzene rings is 1. The Bertz CT molecular complexity index is 598. The van der Waals surface area contributed by atoms with E-state index >= 15 is 0 Å². The minimum absolute atomic E-state index is 0.188. The molecule has 1 atom stereocenters.